The van der Waals surface area contributed by atoms with Crippen molar-refractivity contribution < 1.29 is 36.3 Å². The number of rotatable bonds is 13. The van der Waals surface area contributed by atoms with Crippen molar-refractivity contribution in [1.82, 2.24) is 25.2 Å². The molecule has 292 valence electrons. The number of alkyl halides is 2. The molecule has 17 heteroatoms. The third kappa shape index (κ3) is 10.5. The van der Waals surface area contributed by atoms with Gasteiger partial charge in [-0.1, -0.05) is 11.6 Å². The summed E-state index contributed by atoms with van der Waals surface area (Å²) in [6, 6.07) is 8.81. The van der Waals surface area contributed by atoms with Crippen LogP contribution in [0.4, 0.5) is 25.1 Å². The van der Waals surface area contributed by atoms with Gasteiger partial charge in [-0.3, -0.25) is 9.59 Å². The molecule has 3 N–H and O–H groups in total. The molecule has 1 aromatic heterocycles. The highest BCUT2D eigenvalue weighted by Crippen LogP contribution is 2.46. The van der Waals surface area contributed by atoms with Crippen LogP contribution in [0.3, 0.4) is 0 Å². The van der Waals surface area contributed by atoms with Crippen LogP contribution in [-0.4, -0.2) is 100 Å². The molecule has 3 aliphatic rings. The van der Waals surface area contributed by atoms with Gasteiger partial charge in [0.15, 0.2) is 0 Å². The number of carbonyl (C=O) groups is 3. The molecule has 3 fully saturated rings. The Hall–Kier alpha value is -3.60. The maximum atomic E-state index is 16.0. The van der Waals surface area contributed by atoms with E-state index >= 15 is 8.78 Å². The van der Waals surface area contributed by atoms with E-state index in [-0.39, 0.29) is 78.2 Å². The summed E-state index contributed by atoms with van der Waals surface area (Å²) in [5.74, 6) is -4.43. The van der Waals surface area contributed by atoms with Crippen LogP contribution >= 0.6 is 11.6 Å². The zero-order valence-corrected chi connectivity index (χ0v) is 32.1. The summed E-state index contributed by atoms with van der Waals surface area (Å²) in [5.41, 5.74) is -0.160. The van der Waals surface area contributed by atoms with Gasteiger partial charge in [0.25, 0.3) is 5.92 Å². The topological polar surface area (TPSA) is 153 Å². The Balaban J connectivity index is 1.07. The number of carbonyl (C=O) groups excluding carboxylic acids is 3. The standard InChI is InChI=1S/C36H50ClF2N7O6S/c1-35(2,3)52-34(49)42-17-15-40-14-16-41-33(48)25-6-8-26(9-7-25)36(38,39)27-23-30(37)43-31(24-27)44-19-21-45(22-20-44)53(50,51)29-12-10-28(11-13-29)46-18-4-5-32(46)47/h10-13,23-26,40H,4-9,14-22H2,1-3H3,(H,41,48)(H,42,49). The molecule has 2 aromatic rings. The Morgan fingerprint density at radius 3 is 2.17 bits per heavy atom. The summed E-state index contributed by atoms with van der Waals surface area (Å²) >= 11 is 6.27. The van der Waals surface area contributed by atoms with Crippen molar-refractivity contribution >= 4 is 51.0 Å². The minimum atomic E-state index is -3.82. The first-order valence-corrected chi connectivity index (χ1v) is 20.0. The maximum absolute atomic E-state index is 16.0. The minimum Gasteiger partial charge on any atom is -0.444 e. The van der Waals surface area contributed by atoms with Crippen LogP contribution in [0.5, 0.6) is 0 Å². The van der Waals surface area contributed by atoms with E-state index in [1.165, 1.54) is 28.6 Å². The summed E-state index contributed by atoms with van der Waals surface area (Å²) < 4.78 is 65.3. The smallest absolute Gasteiger partial charge is 0.407 e. The number of halogens is 3. The zero-order valence-electron chi connectivity index (χ0n) is 30.5. The van der Waals surface area contributed by atoms with Crippen molar-refractivity contribution in [2.75, 3.05) is 68.7 Å². The number of amides is 3. The third-order valence-electron chi connectivity index (χ3n) is 9.77. The van der Waals surface area contributed by atoms with Crippen LogP contribution < -0.4 is 25.8 Å². The predicted octanol–water partition coefficient (Wildman–Crippen LogP) is 4.50. The first-order valence-electron chi connectivity index (χ1n) is 18.2. The maximum Gasteiger partial charge on any atom is 0.407 e. The molecule has 5 rings (SSSR count). The minimum absolute atomic E-state index is 0.0186. The average molecular weight is 782 g/mol. The van der Waals surface area contributed by atoms with E-state index in [4.69, 9.17) is 16.3 Å². The highest BCUT2D eigenvalue weighted by Gasteiger charge is 2.44. The van der Waals surface area contributed by atoms with E-state index in [9.17, 15) is 22.8 Å². The number of nitrogens with one attached hydrogen (secondary N) is 3. The second-order valence-electron chi connectivity index (χ2n) is 14.7. The molecule has 0 unspecified atom stereocenters. The predicted molar refractivity (Wildman–Crippen MR) is 198 cm³/mol. The summed E-state index contributed by atoms with van der Waals surface area (Å²) in [6.07, 6.45) is 1.75. The van der Waals surface area contributed by atoms with Gasteiger partial charge in [0.1, 0.15) is 16.6 Å². The van der Waals surface area contributed by atoms with Gasteiger partial charge in [-0.25, -0.2) is 27.0 Å². The second-order valence-corrected chi connectivity index (χ2v) is 17.0. The Morgan fingerprint density at radius 2 is 1.57 bits per heavy atom. The molecule has 1 aliphatic carbocycles. The Morgan fingerprint density at radius 1 is 0.925 bits per heavy atom. The van der Waals surface area contributed by atoms with Crippen molar-refractivity contribution in [3.63, 3.8) is 0 Å². The van der Waals surface area contributed by atoms with Crippen LogP contribution in [-0.2, 0) is 30.3 Å². The monoisotopic (exact) mass is 781 g/mol. The molecule has 1 saturated carbocycles. The van der Waals surface area contributed by atoms with Crippen LogP contribution in [0.2, 0.25) is 5.15 Å². The highest BCUT2D eigenvalue weighted by molar-refractivity contribution is 7.89. The van der Waals surface area contributed by atoms with E-state index < -0.39 is 33.6 Å². The molecule has 2 aliphatic heterocycles. The number of hydrogen-bond donors (Lipinski definition) is 3. The average Bonchev–Trinajstić information content (AvgIpc) is 3.55. The summed E-state index contributed by atoms with van der Waals surface area (Å²) in [6.45, 7) is 8.40. The van der Waals surface area contributed by atoms with Crippen LogP contribution in [0, 0.1) is 11.8 Å². The van der Waals surface area contributed by atoms with Crippen molar-refractivity contribution in [2.45, 2.75) is 75.7 Å². The molecule has 2 saturated heterocycles. The van der Waals surface area contributed by atoms with Gasteiger partial charge in [0.05, 0.1) is 4.90 Å². The number of ether oxygens (including phenoxy) is 1. The Bertz CT molecular complexity index is 1710. The number of benzene rings is 1. The van der Waals surface area contributed by atoms with Crippen molar-refractivity contribution in [2.24, 2.45) is 11.8 Å². The lowest BCUT2D eigenvalue weighted by molar-refractivity contribution is -0.129. The van der Waals surface area contributed by atoms with Crippen molar-refractivity contribution in [3.8, 4) is 0 Å². The first kappa shape index (κ1) is 40.6. The van der Waals surface area contributed by atoms with E-state index in [1.807, 2.05) is 0 Å². The lowest BCUT2D eigenvalue weighted by atomic mass is 9.77. The van der Waals surface area contributed by atoms with E-state index in [0.717, 1.165) is 6.42 Å². The second kappa shape index (κ2) is 17.2. The molecule has 0 spiro atoms. The molecular formula is C36H50ClF2N7O6S. The fourth-order valence-corrected chi connectivity index (χ4v) is 8.55. The molecule has 3 heterocycles. The van der Waals surface area contributed by atoms with Gasteiger partial charge in [-0.15, -0.1) is 0 Å². The molecule has 0 atom stereocenters. The summed E-state index contributed by atoms with van der Waals surface area (Å²) in [7, 11) is -3.82. The number of piperazine rings is 1. The number of aromatic nitrogens is 1. The normalized spacial score (nSPS) is 20.4. The molecular weight excluding hydrogens is 732 g/mol. The van der Waals surface area contributed by atoms with Gasteiger partial charge >= 0.3 is 6.09 Å². The van der Waals surface area contributed by atoms with Crippen LogP contribution in [0.1, 0.15) is 64.9 Å². The third-order valence-corrected chi connectivity index (χ3v) is 11.9. The molecule has 1 aromatic carbocycles. The van der Waals surface area contributed by atoms with E-state index in [1.54, 1.807) is 42.7 Å². The molecule has 53 heavy (non-hydrogen) atoms. The van der Waals surface area contributed by atoms with Gasteiger partial charge in [0.2, 0.25) is 21.8 Å². The first-order chi connectivity index (χ1) is 25.0. The molecule has 3 amide bonds. The quantitative estimate of drug-likeness (QED) is 0.197. The molecule has 0 radical (unpaired) electrons. The molecule has 13 nitrogen and oxygen atoms in total. The van der Waals surface area contributed by atoms with Crippen molar-refractivity contribution in [3.05, 3.63) is 47.1 Å². The lowest BCUT2D eigenvalue weighted by Crippen LogP contribution is -2.49. The molecule has 0 bridgehead atoms. The van der Waals surface area contributed by atoms with Gasteiger partial charge in [-0.05, 0) is 89.3 Å². The number of pyridine rings is 1. The number of sulfonamides is 1. The Labute approximate surface area is 315 Å². The van der Waals surface area contributed by atoms with Gasteiger partial charge in [-0.2, -0.15) is 4.31 Å². The number of anilines is 2. The van der Waals surface area contributed by atoms with Crippen LogP contribution in [0.25, 0.3) is 0 Å². The van der Waals surface area contributed by atoms with Crippen molar-refractivity contribution in [1.29, 1.82) is 0 Å². The summed E-state index contributed by atoms with van der Waals surface area (Å²) in [5, 5.41) is 8.56. The number of nitrogens with zero attached hydrogens (tertiary/aromatic N) is 4. The fraction of sp³-hybridized carbons (Fsp3) is 0.611. The van der Waals surface area contributed by atoms with Gasteiger partial charge < -0.3 is 30.5 Å². The summed E-state index contributed by atoms with van der Waals surface area (Å²) in [4.78, 5) is 44.3. The highest BCUT2D eigenvalue weighted by atomic mass is 35.5. The zero-order chi connectivity index (χ0) is 38.4. The van der Waals surface area contributed by atoms with Crippen LogP contribution in [0.15, 0.2) is 41.3 Å². The number of hydrogen-bond acceptors (Lipinski definition) is 9. The largest absolute Gasteiger partial charge is 0.444 e. The Kier molecular flexibility index (Phi) is 13.2. The van der Waals surface area contributed by atoms with E-state index in [2.05, 4.69) is 20.9 Å². The number of alkyl carbamates (subject to hydrolysis) is 1. The SMILES string of the molecule is CC(C)(C)OC(=O)NCCNCCNC(=O)C1CCC(C(F)(F)c2cc(Cl)nc(N3CCN(S(=O)(=O)c4ccc(N5CCCC5=O)cc4)CC3)c2)CC1. The van der Waals surface area contributed by atoms with Gasteiger partial charge in [0, 0.05) is 88.4 Å². The lowest BCUT2D eigenvalue weighted by Gasteiger charge is -2.36. The fourth-order valence-electron chi connectivity index (χ4n) is 6.93. The van der Waals surface area contributed by atoms with E-state index in [0.29, 0.717) is 57.7 Å².